The number of carboxylic acid groups (broad SMARTS) is 1. The Labute approximate surface area is 88.9 Å². The van der Waals surface area contributed by atoms with E-state index in [1.807, 2.05) is 5.32 Å². The van der Waals surface area contributed by atoms with Crippen molar-refractivity contribution in [1.29, 1.82) is 0 Å². The van der Waals surface area contributed by atoms with Crippen molar-refractivity contribution in [2.45, 2.75) is 18.8 Å². The number of nitrogens with one attached hydrogen (secondary N) is 1. The van der Waals surface area contributed by atoms with Crippen LogP contribution in [-0.2, 0) is 11.3 Å². The molecule has 0 amide bonds. The highest BCUT2D eigenvalue weighted by atomic mass is 19.4. The molecule has 1 rings (SSSR count). The molecular formula is C8H10F3N3O2. The predicted molar refractivity (Wildman–Crippen MR) is 47.7 cm³/mol. The second kappa shape index (κ2) is 4.97. The van der Waals surface area contributed by atoms with Crippen molar-refractivity contribution in [2.75, 3.05) is 6.54 Å². The maximum atomic E-state index is 11.9. The van der Waals surface area contributed by atoms with E-state index in [1.165, 1.54) is 17.1 Å². The molecule has 2 N–H and O–H groups in total. The van der Waals surface area contributed by atoms with E-state index in [-0.39, 0.29) is 6.54 Å². The fourth-order valence-electron chi connectivity index (χ4n) is 1.06. The van der Waals surface area contributed by atoms with Crippen LogP contribution in [0.4, 0.5) is 13.2 Å². The molecule has 1 aromatic rings. The Morgan fingerprint density at radius 2 is 2.25 bits per heavy atom. The van der Waals surface area contributed by atoms with Gasteiger partial charge in [0.1, 0.15) is 6.04 Å². The third kappa shape index (κ3) is 4.30. The maximum Gasteiger partial charge on any atom is 0.401 e. The Bertz CT molecular complexity index is 337. The average molecular weight is 237 g/mol. The molecule has 16 heavy (non-hydrogen) atoms. The van der Waals surface area contributed by atoms with E-state index in [4.69, 9.17) is 5.11 Å². The lowest BCUT2D eigenvalue weighted by atomic mass is 10.3. The average Bonchev–Trinajstić information content (AvgIpc) is 2.62. The van der Waals surface area contributed by atoms with Crippen LogP contribution >= 0.6 is 0 Å². The second-order valence-electron chi connectivity index (χ2n) is 3.12. The summed E-state index contributed by atoms with van der Waals surface area (Å²) in [5, 5.41) is 14.3. The van der Waals surface area contributed by atoms with E-state index in [9.17, 15) is 18.0 Å². The molecule has 0 saturated heterocycles. The van der Waals surface area contributed by atoms with Crippen LogP contribution in [-0.4, -0.2) is 39.6 Å². The van der Waals surface area contributed by atoms with Crippen LogP contribution in [0.2, 0.25) is 0 Å². The van der Waals surface area contributed by atoms with Gasteiger partial charge in [-0.3, -0.25) is 14.8 Å². The molecule has 0 radical (unpaired) electrons. The molecule has 5 nitrogen and oxygen atoms in total. The number of aliphatic carboxylic acids is 1. The molecule has 1 heterocycles. The number of aromatic nitrogens is 2. The fourth-order valence-corrected chi connectivity index (χ4v) is 1.06. The Morgan fingerprint density at radius 1 is 1.56 bits per heavy atom. The van der Waals surface area contributed by atoms with Crippen molar-refractivity contribution in [3.05, 3.63) is 18.5 Å². The molecule has 0 aliphatic heterocycles. The second-order valence-corrected chi connectivity index (χ2v) is 3.12. The van der Waals surface area contributed by atoms with Crippen LogP contribution < -0.4 is 5.32 Å². The largest absolute Gasteiger partial charge is 0.480 e. The summed E-state index contributed by atoms with van der Waals surface area (Å²) in [6.45, 7) is -1.50. The van der Waals surface area contributed by atoms with Gasteiger partial charge in [-0.15, -0.1) is 0 Å². The lowest BCUT2D eigenvalue weighted by Gasteiger charge is -2.15. The summed E-state index contributed by atoms with van der Waals surface area (Å²) in [7, 11) is 0. The standard InChI is InChI=1S/C8H10F3N3O2/c9-8(10,11)5-12-6(7(15)16)4-14-3-1-2-13-14/h1-3,6,12H,4-5H2,(H,15,16). The minimum absolute atomic E-state index is 0.154. The molecule has 0 aromatic carbocycles. The van der Waals surface area contributed by atoms with Crippen molar-refractivity contribution < 1.29 is 23.1 Å². The van der Waals surface area contributed by atoms with Gasteiger partial charge < -0.3 is 5.11 Å². The van der Waals surface area contributed by atoms with Gasteiger partial charge in [-0.2, -0.15) is 18.3 Å². The van der Waals surface area contributed by atoms with Crippen molar-refractivity contribution in [1.82, 2.24) is 15.1 Å². The van der Waals surface area contributed by atoms with E-state index in [0.29, 0.717) is 0 Å². The van der Waals surface area contributed by atoms with Crippen LogP contribution in [0.25, 0.3) is 0 Å². The number of hydrogen-bond donors (Lipinski definition) is 2. The lowest BCUT2D eigenvalue weighted by Crippen LogP contribution is -2.44. The van der Waals surface area contributed by atoms with Crippen molar-refractivity contribution >= 4 is 5.97 Å². The predicted octanol–water partition coefficient (Wildman–Crippen LogP) is 0.488. The highest BCUT2D eigenvalue weighted by molar-refractivity contribution is 5.73. The zero-order chi connectivity index (χ0) is 12.2. The van der Waals surface area contributed by atoms with Gasteiger partial charge in [0.05, 0.1) is 13.1 Å². The highest BCUT2D eigenvalue weighted by Gasteiger charge is 2.30. The molecule has 0 bridgehead atoms. The van der Waals surface area contributed by atoms with Crippen LogP contribution in [0.15, 0.2) is 18.5 Å². The van der Waals surface area contributed by atoms with E-state index < -0.39 is 24.7 Å². The molecule has 1 aromatic heterocycles. The number of rotatable bonds is 5. The van der Waals surface area contributed by atoms with Gasteiger partial charge in [-0.1, -0.05) is 0 Å². The zero-order valence-corrected chi connectivity index (χ0v) is 8.11. The summed E-state index contributed by atoms with van der Waals surface area (Å²) in [4.78, 5) is 10.7. The monoisotopic (exact) mass is 237 g/mol. The normalized spacial score (nSPS) is 13.7. The molecule has 1 unspecified atom stereocenters. The highest BCUT2D eigenvalue weighted by Crippen LogP contribution is 2.12. The van der Waals surface area contributed by atoms with Gasteiger partial charge in [-0.25, -0.2) is 0 Å². The van der Waals surface area contributed by atoms with Gasteiger partial charge in [0.25, 0.3) is 0 Å². The summed E-state index contributed by atoms with van der Waals surface area (Å²) < 4.78 is 36.9. The van der Waals surface area contributed by atoms with Gasteiger partial charge in [0.2, 0.25) is 0 Å². The fraction of sp³-hybridized carbons (Fsp3) is 0.500. The number of nitrogens with zero attached hydrogens (tertiary/aromatic N) is 2. The minimum atomic E-state index is -4.43. The van der Waals surface area contributed by atoms with Crippen LogP contribution in [0, 0.1) is 0 Å². The van der Waals surface area contributed by atoms with Gasteiger partial charge in [-0.05, 0) is 6.07 Å². The first kappa shape index (κ1) is 12.5. The Hall–Kier alpha value is -1.57. The third-order valence-electron chi connectivity index (χ3n) is 1.78. The van der Waals surface area contributed by atoms with E-state index in [1.54, 1.807) is 6.07 Å². The van der Waals surface area contributed by atoms with E-state index in [0.717, 1.165) is 0 Å². The number of halogens is 3. The van der Waals surface area contributed by atoms with Gasteiger partial charge in [0, 0.05) is 12.4 Å². The molecule has 90 valence electrons. The number of carbonyl (C=O) groups is 1. The van der Waals surface area contributed by atoms with Crippen LogP contribution in [0.1, 0.15) is 0 Å². The molecule has 8 heteroatoms. The quantitative estimate of drug-likeness (QED) is 0.782. The third-order valence-corrected chi connectivity index (χ3v) is 1.78. The molecule has 1 atom stereocenters. The first-order valence-corrected chi connectivity index (χ1v) is 4.39. The van der Waals surface area contributed by atoms with Gasteiger partial charge in [0.15, 0.2) is 0 Å². The van der Waals surface area contributed by atoms with Crippen LogP contribution in [0.3, 0.4) is 0 Å². The number of carboxylic acids is 1. The molecule has 0 aliphatic rings. The lowest BCUT2D eigenvalue weighted by molar-refractivity contribution is -0.143. The van der Waals surface area contributed by atoms with E-state index >= 15 is 0 Å². The number of alkyl halides is 3. The molecule has 0 fully saturated rings. The smallest absolute Gasteiger partial charge is 0.401 e. The topological polar surface area (TPSA) is 67.1 Å². The van der Waals surface area contributed by atoms with Gasteiger partial charge >= 0.3 is 12.1 Å². The molecule has 0 aliphatic carbocycles. The maximum absolute atomic E-state index is 11.9. The molecule has 0 spiro atoms. The van der Waals surface area contributed by atoms with Crippen molar-refractivity contribution in [3.63, 3.8) is 0 Å². The summed E-state index contributed by atoms with van der Waals surface area (Å²) >= 11 is 0. The van der Waals surface area contributed by atoms with Crippen molar-refractivity contribution in [3.8, 4) is 0 Å². The first-order chi connectivity index (χ1) is 7.38. The zero-order valence-electron chi connectivity index (χ0n) is 8.11. The molecule has 0 saturated carbocycles. The molecular weight excluding hydrogens is 227 g/mol. The Kier molecular flexibility index (Phi) is 3.88. The Balaban J connectivity index is 2.52. The minimum Gasteiger partial charge on any atom is -0.480 e. The first-order valence-electron chi connectivity index (χ1n) is 4.39. The summed E-state index contributed by atoms with van der Waals surface area (Å²) in [5.41, 5.74) is 0. The van der Waals surface area contributed by atoms with Crippen molar-refractivity contribution in [2.24, 2.45) is 0 Å². The SMILES string of the molecule is O=C(O)C(Cn1cccn1)NCC(F)(F)F. The summed E-state index contributed by atoms with van der Waals surface area (Å²) in [6.07, 6.45) is -1.54. The van der Waals surface area contributed by atoms with E-state index in [2.05, 4.69) is 5.10 Å². The summed E-state index contributed by atoms with van der Waals surface area (Å²) in [5.74, 6) is -1.35. The Morgan fingerprint density at radius 3 is 2.69 bits per heavy atom. The van der Waals surface area contributed by atoms with Crippen LogP contribution in [0.5, 0.6) is 0 Å². The summed E-state index contributed by atoms with van der Waals surface area (Å²) in [6, 6.07) is 0.240. The number of hydrogen-bond acceptors (Lipinski definition) is 3.